The smallest absolute Gasteiger partial charge is 0.119 e. The van der Waals surface area contributed by atoms with Gasteiger partial charge in [-0.25, -0.2) is 0 Å². The van der Waals surface area contributed by atoms with Crippen molar-refractivity contribution >= 4 is 5.69 Å². The van der Waals surface area contributed by atoms with Crippen LogP contribution in [-0.4, -0.2) is 25.3 Å². The van der Waals surface area contributed by atoms with Gasteiger partial charge in [0.1, 0.15) is 5.75 Å². The highest BCUT2D eigenvalue weighted by molar-refractivity contribution is 5.51. The minimum absolute atomic E-state index is 0.283. The minimum Gasteiger partial charge on any atom is -0.497 e. The quantitative estimate of drug-likeness (QED) is 0.692. The van der Waals surface area contributed by atoms with Crippen molar-refractivity contribution in [3.05, 3.63) is 23.8 Å². The summed E-state index contributed by atoms with van der Waals surface area (Å²) in [5.74, 6) is 1.02. The van der Waals surface area contributed by atoms with Crippen LogP contribution < -0.4 is 15.8 Å². The van der Waals surface area contributed by atoms with Gasteiger partial charge in [0.15, 0.2) is 0 Å². The number of anilines is 1. The molecular formula is C13H20N2O2. The van der Waals surface area contributed by atoms with E-state index in [9.17, 15) is 5.11 Å². The Hall–Kier alpha value is -1.26. The molecule has 0 aliphatic carbocycles. The highest BCUT2D eigenvalue weighted by Crippen LogP contribution is 2.33. The molecule has 0 spiro atoms. The predicted molar refractivity (Wildman–Crippen MR) is 68.0 cm³/mol. The Bertz CT molecular complexity index is 376. The molecule has 0 aromatic heterocycles. The summed E-state index contributed by atoms with van der Waals surface area (Å²) in [6.45, 7) is 1.93. The Morgan fingerprint density at radius 1 is 1.41 bits per heavy atom. The van der Waals surface area contributed by atoms with Gasteiger partial charge in [0, 0.05) is 11.3 Å². The van der Waals surface area contributed by atoms with Gasteiger partial charge in [-0.3, -0.25) is 0 Å². The Morgan fingerprint density at radius 2 is 2.12 bits per heavy atom. The molecule has 4 heteroatoms. The van der Waals surface area contributed by atoms with Crippen molar-refractivity contribution in [1.29, 1.82) is 0 Å². The van der Waals surface area contributed by atoms with E-state index >= 15 is 0 Å². The standard InChI is InChI=1S/C13H20N2O2/c1-17-10-2-3-12(14)11(8-10)13(16)9-4-6-15-7-5-9/h2-3,8-9,13,15-16H,4-7,14H2,1H3. The molecule has 17 heavy (non-hydrogen) atoms. The SMILES string of the molecule is COc1ccc(N)c(C(O)C2CCNCC2)c1. The maximum absolute atomic E-state index is 10.4. The second-order valence-electron chi connectivity index (χ2n) is 4.53. The number of aliphatic hydroxyl groups excluding tert-OH is 1. The van der Waals surface area contributed by atoms with Crippen LogP contribution in [0.25, 0.3) is 0 Å². The lowest BCUT2D eigenvalue weighted by molar-refractivity contribution is 0.0893. The molecule has 1 unspecified atom stereocenters. The topological polar surface area (TPSA) is 67.5 Å². The molecule has 1 atom stereocenters. The van der Waals surface area contributed by atoms with Crippen LogP contribution in [0.3, 0.4) is 0 Å². The molecule has 4 N–H and O–H groups in total. The summed E-state index contributed by atoms with van der Waals surface area (Å²) < 4.78 is 5.17. The molecule has 94 valence electrons. The van der Waals surface area contributed by atoms with Crippen molar-refractivity contribution in [2.24, 2.45) is 5.92 Å². The van der Waals surface area contributed by atoms with Gasteiger partial charge in [-0.1, -0.05) is 0 Å². The zero-order valence-electron chi connectivity index (χ0n) is 10.1. The first-order chi connectivity index (χ1) is 8.22. The summed E-state index contributed by atoms with van der Waals surface area (Å²) in [6, 6.07) is 5.44. The third-order valence-electron chi connectivity index (χ3n) is 3.44. The van der Waals surface area contributed by atoms with Crippen LogP contribution in [-0.2, 0) is 0 Å². The fraction of sp³-hybridized carbons (Fsp3) is 0.538. The first kappa shape index (κ1) is 12.2. The van der Waals surface area contributed by atoms with E-state index in [1.54, 1.807) is 13.2 Å². The van der Waals surface area contributed by atoms with E-state index in [0.29, 0.717) is 5.69 Å². The number of benzene rings is 1. The van der Waals surface area contributed by atoms with Gasteiger partial charge >= 0.3 is 0 Å². The van der Waals surface area contributed by atoms with Gasteiger partial charge in [0.05, 0.1) is 13.2 Å². The lowest BCUT2D eigenvalue weighted by atomic mass is 9.87. The zero-order valence-corrected chi connectivity index (χ0v) is 10.1. The first-order valence-electron chi connectivity index (χ1n) is 6.04. The average molecular weight is 236 g/mol. The van der Waals surface area contributed by atoms with Gasteiger partial charge in [0.25, 0.3) is 0 Å². The Morgan fingerprint density at radius 3 is 2.76 bits per heavy atom. The van der Waals surface area contributed by atoms with Crippen LogP contribution in [0.15, 0.2) is 18.2 Å². The first-order valence-corrected chi connectivity index (χ1v) is 6.04. The number of ether oxygens (including phenoxy) is 1. The molecule has 2 rings (SSSR count). The van der Waals surface area contributed by atoms with E-state index in [-0.39, 0.29) is 5.92 Å². The van der Waals surface area contributed by atoms with Crippen molar-refractivity contribution < 1.29 is 9.84 Å². The van der Waals surface area contributed by atoms with Crippen LogP contribution in [0.1, 0.15) is 24.5 Å². The second kappa shape index (κ2) is 5.38. The predicted octanol–water partition coefficient (Wildman–Crippen LogP) is 1.31. The summed E-state index contributed by atoms with van der Waals surface area (Å²) in [5, 5.41) is 13.7. The fourth-order valence-corrected chi connectivity index (χ4v) is 2.35. The Kier molecular flexibility index (Phi) is 3.86. The van der Waals surface area contributed by atoms with Gasteiger partial charge in [-0.15, -0.1) is 0 Å². The number of aliphatic hydroxyl groups is 1. The average Bonchev–Trinajstić information content (AvgIpc) is 2.39. The number of hydrogen-bond acceptors (Lipinski definition) is 4. The van der Waals surface area contributed by atoms with Gasteiger partial charge < -0.3 is 20.9 Å². The van der Waals surface area contributed by atoms with E-state index in [2.05, 4.69) is 5.32 Å². The molecular weight excluding hydrogens is 216 g/mol. The third-order valence-corrected chi connectivity index (χ3v) is 3.44. The van der Waals surface area contributed by atoms with Crippen LogP contribution in [0, 0.1) is 5.92 Å². The number of nitrogens with two attached hydrogens (primary N) is 1. The normalized spacial score (nSPS) is 18.9. The molecule has 1 fully saturated rings. The number of piperidine rings is 1. The summed E-state index contributed by atoms with van der Waals surface area (Å²) in [4.78, 5) is 0. The molecule has 4 nitrogen and oxygen atoms in total. The highest BCUT2D eigenvalue weighted by atomic mass is 16.5. The lowest BCUT2D eigenvalue weighted by Gasteiger charge is -2.28. The molecule has 1 aromatic rings. The monoisotopic (exact) mass is 236 g/mol. The van der Waals surface area contributed by atoms with Crippen LogP contribution >= 0.6 is 0 Å². The molecule has 1 saturated heterocycles. The molecule has 1 aromatic carbocycles. The molecule has 1 aliphatic heterocycles. The number of rotatable bonds is 3. The summed E-state index contributed by atoms with van der Waals surface area (Å²) in [5.41, 5.74) is 7.34. The van der Waals surface area contributed by atoms with Gasteiger partial charge in [-0.2, -0.15) is 0 Å². The van der Waals surface area contributed by atoms with Crippen molar-refractivity contribution in [3.8, 4) is 5.75 Å². The minimum atomic E-state index is -0.493. The molecule has 1 aliphatic rings. The van der Waals surface area contributed by atoms with E-state index < -0.39 is 6.10 Å². The highest BCUT2D eigenvalue weighted by Gasteiger charge is 2.24. The van der Waals surface area contributed by atoms with E-state index in [1.807, 2.05) is 12.1 Å². The van der Waals surface area contributed by atoms with Crippen LogP contribution in [0.2, 0.25) is 0 Å². The summed E-state index contributed by atoms with van der Waals surface area (Å²) in [7, 11) is 1.62. The molecule has 1 heterocycles. The number of nitrogens with one attached hydrogen (secondary N) is 1. The molecule has 0 radical (unpaired) electrons. The van der Waals surface area contributed by atoms with Crippen molar-refractivity contribution in [2.45, 2.75) is 18.9 Å². The lowest BCUT2D eigenvalue weighted by Crippen LogP contribution is -2.31. The van der Waals surface area contributed by atoms with Gasteiger partial charge in [0.2, 0.25) is 0 Å². The maximum atomic E-state index is 10.4. The second-order valence-corrected chi connectivity index (χ2v) is 4.53. The van der Waals surface area contributed by atoms with E-state index in [0.717, 1.165) is 37.2 Å². The molecule has 0 amide bonds. The maximum Gasteiger partial charge on any atom is 0.119 e. The summed E-state index contributed by atoms with van der Waals surface area (Å²) >= 11 is 0. The van der Waals surface area contributed by atoms with Crippen LogP contribution in [0.4, 0.5) is 5.69 Å². The Labute approximate surface area is 102 Å². The van der Waals surface area contributed by atoms with Crippen molar-refractivity contribution in [2.75, 3.05) is 25.9 Å². The van der Waals surface area contributed by atoms with E-state index in [1.165, 1.54) is 0 Å². The Balaban J connectivity index is 2.19. The van der Waals surface area contributed by atoms with Crippen molar-refractivity contribution in [3.63, 3.8) is 0 Å². The number of hydrogen-bond donors (Lipinski definition) is 3. The third kappa shape index (κ3) is 2.70. The number of nitrogen functional groups attached to an aromatic ring is 1. The van der Waals surface area contributed by atoms with Crippen molar-refractivity contribution in [1.82, 2.24) is 5.32 Å². The zero-order chi connectivity index (χ0) is 12.3. The molecule has 0 saturated carbocycles. The van der Waals surface area contributed by atoms with E-state index in [4.69, 9.17) is 10.5 Å². The van der Waals surface area contributed by atoms with Crippen LogP contribution in [0.5, 0.6) is 5.75 Å². The number of methoxy groups -OCH3 is 1. The van der Waals surface area contributed by atoms with Gasteiger partial charge in [-0.05, 0) is 50.0 Å². The molecule has 0 bridgehead atoms. The summed E-state index contributed by atoms with van der Waals surface area (Å²) in [6.07, 6.45) is 1.47. The largest absolute Gasteiger partial charge is 0.497 e. The fourth-order valence-electron chi connectivity index (χ4n) is 2.35.